The van der Waals surface area contributed by atoms with E-state index in [2.05, 4.69) is 5.32 Å². The van der Waals surface area contributed by atoms with Crippen molar-refractivity contribution in [2.45, 2.75) is 13.0 Å². The highest BCUT2D eigenvalue weighted by atomic mass is 19.1. The predicted molar refractivity (Wildman–Crippen MR) is 60.7 cm³/mol. The van der Waals surface area contributed by atoms with Gasteiger partial charge in [0.2, 0.25) is 0 Å². The molecule has 17 heavy (non-hydrogen) atoms. The van der Waals surface area contributed by atoms with Gasteiger partial charge in [0.15, 0.2) is 0 Å². The number of benzene rings is 1. The lowest BCUT2D eigenvalue weighted by atomic mass is 9.99. The highest BCUT2D eigenvalue weighted by molar-refractivity contribution is 5.33. The molecule has 0 radical (unpaired) electrons. The number of aryl methyl sites for hydroxylation is 1. The van der Waals surface area contributed by atoms with Gasteiger partial charge in [-0.3, -0.25) is 0 Å². The van der Waals surface area contributed by atoms with Gasteiger partial charge in [0.1, 0.15) is 17.4 Å². The summed E-state index contributed by atoms with van der Waals surface area (Å²) in [5.74, 6) is -0.428. The van der Waals surface area contributed by atoms with Crippen LogP contribution < -0.4 is 5.32 Å². The summed E-state index contributed by atoms with van der Waals surface area (Å²) in [5.41, 5.74) is 1.25. The standard InChI is InChI=1S/C13H13F2NO/c1-8-10(5-6-17-8)13(16-2)11-4-3-9(14)7-12(11)15/h3-7,13,16H,1-2H3. The van der Waals surface area contributed by atoms with Crippen LogP contribution in [-0.2, 0) is 0 Å². The van der Waals surface area contributed by atoms with Gasteiger partial charge >= 0.3 is 0 Å². The quantitative estimate of drug-likeness (QED) is 0.887. The maximum Gasteiger partial charge on any atom is 0.131 e. The van der Waals surface area contributed by atoms with Crippen molar-refractivity contribution in [2.75, 3.05) is 7.05 Å². The summed E-state index contributed by atoms with van der Waals surface area (Å²) in [6, 6.07) is 5.01. The van der Waals surface area contributed by atoms with Crippen LogP contribution in [0.25, 0.3) is 0 Å². The number of rotatable bonds is 3. The molecule has 0 amide bonds. The normalized spacial score (nSPS) is 12.7. The second kappa shape index (κ2) is 4.67. The zero-order valence-electron chi connectivity index (χ0n) is 9.63. The van der Waals surface area contributed by atoms with Crippen molar-refractivity contribution in [1.29, 1.82) is 0 Å². The van der Waals surface area contributed by atoms with E-state index in [1.165, 1.54) is 12.1 Å². The van der Waals surface area contributed by atoms with Gasteiger partial charge in [0, 0.05) is 17.2 Å². The van der Waals surface area contributed by atoms with E-state index >= 15 is 0 Å². The van der Waals surface area contributed by atoms with Crippen molar-refractivity contribution >= 4 is 0 Å². The van der Waals surface area contributed by atoms with E-state index in [9.17, 15) is 8.78 Å². The van der Waals surface area contributed by atoms with Crippen molar-refractivity contribution < 1.29 is 13.2 Å². The Balaban J connectivity index is 2.46. The zero-order chi connectivity index (χ0) is 12.4. The number of nitrogens with one attached hydrogen (secondary N) is 1. The van der Waals surface area contributed by atoms with Gasteiger partial charge in [-0.15, -0.1) is 0 Å². The van der Waals surface area contributed by atoms with Crippen LogP contribution in [0.4, 0.5) is 8.78 Å². The lowest BCUT2D eigenvalue weighted by molar-refractivity contribution is 0.516. The average Bonchev–Trinajstić information content (AvgIpc) is 2.69. The number of hydrogen-bond donors (Lipinski definition) is 1. The third kappa shape index (κ3) is 2.22. The van der Waals surface area contributed by atoms with Gasteiger partial charge in [0.25, 0.3) is 0 Å². The average molecular weight is 237 g/mol. The Labute approximate surface area is 98.3 Å². The maximum atomic E-state index is 13.7. The van der Waals surface area contributed by atoms with Crippen LogP contribution in [0.3, 0.4) is 0 Å². The number of halogens is 2. The highest BCUT2D eigenvalue weighted by Crippen LogP contribution is 2.27. The topological polar surface area (TPSA) is 25.2 Å². The number of hydrogen-bond acceptors (Lipinski definition) is 2. The largest absolute Gasteiger partial charge is 0.469 e. The van der Waals surface area contributed by atoms with Crippen LogP contribution >= 0.6 is 0 Å². The molecule has 0 aliphatic heterocycles. The SMILES string of the molecule is CNC(c1ccc(F)cc1F)c1ccoc1C. The molecule has 1 heterocycles. The monoisotopic (exact) mass is 237 g/mol. The zero-order valence-corrected chi connectivity index (χ0v) is 9.63. The minimum Gasteiger partial charge on any atom is -0.469 e. The van der Waals surface area contributed by atoms with Crippen LogP contribution in [0.2, 0.25) is 0 Å². The molecule has 90 valence electrons. The summed E-state index contributed by atoms with van der Waals surface area (Å²) >= 11 is 0. The smallest absolute Gasteiger partial charge is 0.131 e. The minimum absolute atomic E-state index is 0.339. The first-order valence-corrected chi connectivity index (χ1v) is 5.29. The van der Waals surface area contributed by atoms with Crippen LogP contribution in [0.1, 0.15) is 22.9 Å². The van der Waals surface area contributed by atoms with Crippen LogP contribution in [0.15, 0.2) is 34.9 Å². The lowest BCUT2D eigenvalue weighted by Crippen LogP contribution is -2.19. The summed E-state index contributed by atoms with van der Waals surface area (Å²) in [7, 11) is 1.72. The van der Waals surface area contributed by atoms with Gasteiger partial charge in [0.05, 0.1) is 12.3 Å². The Morgan fingerprint density at radius 1 is 1.18 bits per heavy atom. The summed E-state index contributed by atoms with van der Waals surface area (Å²) in [6.07, 6.45) is 1.55. The molecule has 2 aromatic rings. The van der Waals surface area contributed by atoms with E-state index in [1.54, 1.807) is 26.3 Å². The van der Waals surface area contributed by atoms with E-state index in [1.807, 2.05) is 0 Å². The Bertz CT molecular complexity index is 522. The molecule has 0 bridgehead atoms. The van der Waals surface area contributed by atoms with E-state index in [0.29, 0.717) is 11.3 Å². The molecule has 0 saturated heterocycles. The molecule has 0 aliphatic carbocycles. The first kappa shape index (κ1) is 11.8. The molecule has 1 aromatic heterocycles. The van der Waals surface area contributed by atoms with Gasteiger partial charge in [-0.25, -0.2) is 8.78 Å². The fourth-order valence-electron chi connectivity index (χ4n) is 1.91. The molecule has 0 spiro atoms. The van der Waals surface area contributed by atoms with Crippen LogP contribution in [0.5, 0.6) is 0 Å². The second-order valence-electron chi connectivity index (χ2n) is 3.82. The Morgan fingerprint density at radius 2 is 1.94 bits per heavy atom. The Hall–Kier alpha value is -1.68. The Morgan fingerprint density at radius 3 is 2.47 bits per heavy atom. The summed E-state index contributed by atoms with van der Waals surface area (Å²) in [5, 5.41) is 3.00. The molecule has 0 saturated carbocycles. The number of furan rings is 1. The molecule has 0 fully saturated rings. The summed E-state index contributed by atoms with van der Waals surface area (Å²) < 4.78 is 31.8. The van der Waals surface area contributed by atoms with Crippen molar-refractivity contribution in [1.82, 2.24) is 5.32 Å². The molecule has 2 rings (SSSR count). The first-order chi connectivity index (χ1) is 8.13. The van der Waals surface area contributed by atoms with Crippen molar-refractivity contribution in [2.24, 2.45) is 0 Å². The van der Waals surface area contributed by atoms with E-state index < -0.39 is 11.6 Å². The molecule has 0 aliphatic rings. The first-order valence-electron chi connectivity index (χ1n) is 5.29. The van der Waals surface area contributed by atoms with Crippen LogP contribution in [0, 0.1) is 18.6 Å². The maximum absolute atomic E-state index is 13.7. The third-order valence-electron chi connectivity index (χ3n) is 2.77. The van der Waals surface area contributed by atoms with E-state index in [0.717, 1.165) is 11.6 Å². The summed E-state index contributed by atoms with van der Waals surface area (Å²) in [6.45, 7) is 1.81. The molecular weight excluding hydrogens is 224 g/mol. The second-order valence-corrected chi connectivity index (χ2v) is 3.82. The van der Waals surface area contributed by atoms with Crippen molar-refractivity contribution in [3.63, 3.8) is 0 Å². The minimum atomic E-state index is -0.579. The molecule has 1 unspecified atom stereocenters. The molecule has 1 atom stereocenters. The van der Waals surface area contributed by atoms with Gasteiger partial charge in [-0.1, -0.05) is 6.07 Å². The van der Waals surface area contributed by atoms with Crippen molar-refractivity contribution in [3.05, 3.63) is 59.1 Å². The molecular formula is C13H13F2NO. The summed E-state index contributed by atoms with van der Waals surface area (Å²) in [4.78, 5) is 0. The van der Waals surface area contributed by atoms with Gasteiger partial charge in [-0.2, -0.15) is 0 Å². The van der Waals surface area contributed by atoms with E-state index in [-0.39, 0.29) is 6.04 Å². The Kier molecular flexibility index (Phi) is 3.24. The highest BCUT2D eigenvalue weighted by Gasteiger charge is 2.19. The fraction of sp³-hybridized carbons (Fsp3) is 0.231. The molecule has 4 heteroatoms. The molecule has 1 N–H and O–H groups in total. The van der Waals surface area contributed by atoms with Gasteiger partial charge < -0.3 is 9.73 Å². The molecule has 2 nitrogen and oxygen atoms in total. The van der Waals surface area contributed by atoms with Crippen LogP contribution in [-0.4, -0.2) is 7.05 Å². The van der Waals surface area contributed by atoms with E-state index in [4.69, 9.17) is 4.42 Å². The molecule has 1 aromatic carbocycles. The third-order valence-corrected chi connectivity index (χ3v) is 2.77. The van der Waals surface area contributed by atoms with Gasteiger partial charge in [-0.05, 0) is 26.1 Å². The predicted octanol–water partition coefficient (Wildman–Crippen LogP) is 3.18. The lowest BCUT2D eigenvalue weighted by Gasteiger charge is -2.16. The fourth-order valence-corrected chi connectivity index (χ4v) is 1.91. The van der Waals surface area contributed by atoms with Crippen molar-refractivity contribution in [3.8, 4) is 0 Å².